The minimum atomic E-state index is -0.802. The van der Waals surface area contributed by atoms with Gasteiger partial charge in [-0.15, -0.1) is 0 Å². The molecule has 1 aliphatic rings. The van der Waals surface area contributed by atoms with E-state index in [1.165, 1.54) is 6.20 Å². The van der Waals surface area contributed by atoms with E-state index in [-0.39, 0.29) is 24.0 Å². The van der Waals surface area contributed by atoms with Gasteiger partial charge in [-0.1, -0.05) is 23.2 Å². The average Bonchev–Trinajstić information content (AvgIpc) is 2.63. The molecule has 27 heavy (non-hydrogen) atoms. The highest BCUT2D eigenvalue weighted by atomic mass is 35.5. The monoisotopic (exact) mass is 415 g/mol. The van der Waals surface area contributed by atoms with Gasteiger partial charge in [0.2, 0.25) is 0 Å². The highest BCUT2D eigenvalue weighted by Gasteiger charge is 2.22. The van der Waals surface area contributed by atoms with E-state index in [1.807, 2.05) is 0 Å². The maximum atomic E-state index is 13.7. The number of nitrogens with zero attached hydrogens (tertiary/aromatic N) is 3. The average molecular weight is 416 g/mol. The van der Waals surface area contributed by atoms with E-state index in [1.54, 1.807) is 24.0 Å². The first kappa shape index (κ1) is 19.5. The fourth-order valence-electron chi connectivity index (χ4n) is 2.58. The van der Waals surface area contributed by atoms with Crippen molar-refractivity contribution in [1.82, 2.24) is 9.97 Å². The molecule has 3 rings (SSSR count). The molecule has 0 spiro atoms. The minimum absolute atomic E-state index is 0.0394. The lowest BCUT2D eigenvalue weighted by molar-refractivity contribution is 0.200. The van der Waals surface area contributed by atoms with E-state index in [4.69, 9.17) is 27.9 Å². The third-order valence-corrected chi connectivity index (χ3v) is 4.45. The highest BCUT2D eigenvalue weighted by Crippen LogP contribution is 2.33. The van der Waals surface area contributed by atoms with E-state index in [2.05, 4.69) is 9.97 Å². The van der Waals surface area contributed by atoms with Crippen molar-refractivity contribution in [1.29, 1.82) is 0 Å². The van der Waals surface area contributed by atoms with E-state index < -0.39 is 18.3 Å². The van der Waals surface area contributed by atoms with Gasteiger partial charge in [-0.05, 0) is 13.0 Å². The third-order valence-electron chi connectivity index (χ3n) is 3.94. The summed E-state index contributed by atoms with van der Waals surface area (Å²) in [7, 11) is 0. The molecule has 0 radical (unpaired) electrons. The number of hydrogen-bond donors (Lipinski definition) is 0. The molecule has 142 valence electrons. The number of hydrogen-bond acceptors (Lipinski definition) is 4. The van der Waals surface area contributed by atoms with Crippen LogP contribution in [-0.2, 0) is 18.0 Å². The Kier molecular flexibility index (Phi) is 5.92. The molecule has 0 saturated carbocycles. The fraction of sp³-hybridized carbons (Fsp3) is 0.222. The topological polar surface area (TPSA) is 38.2 Å². The summed E-state index contributed by atoms with van der Waals surface area (Å²) < 4.78 is 45.4. The number of halogens is 5. The predicted molar refractivity (Wildman–Crippen MR) is 97.0 cm³/mol. The summed E-state index contributed by atoms with van der Waals surface area (Å²) in [4.78, 5) is 9.32. The number of ether oxygens (including phenoxy) is 1. The second-order valence-electron chi connectivity index (χ2n) is 5.78. The Balaban J connectivity index is 1.79. The van der Waals surface area contributed by atoms with Crippen LogP contribution in [0.2, 0.25) is 5.15 Å². The van der Waals surface area contributed by atoms with Gasteiger partial charge in [-0.3, -0.25) is 4.98 Å². The summed E-state index contributed by atoms with van der Waals surface area (Å²) in [5.41, 5.74) is 1.61. The maximum absolute atomic E-state index is 13.7. The Labute approximate surface area is 163 Å². The Morgan fingerprint density at radius 3 is 2.67 bits per heavy atom. The quantitative estimate of drug-likeness (QED) is 0.623. The van der Waals surface area contributed by atoms with Crippen LogP contribution in [0.5, 0.6) is 0 Å². The first-order chi connectivity index (χ1) is 12.9. The maximum Gasteiger partial charge on any atom is 0.151 e. The molecule has 2 aromatic heterocycles. The van der Waals surface area contributed by atoms with Crippen molar-refractivity contribution in [2.45, 2.75) is 20.2 Å². The summed E-state index contributed by atoms with van der Waals surface area (Å²) in [6.07, 6.45) is 3.92. The molecular formula is C18H14Cl2F3N3O. The van der Waals surface area contributed by atoms with Crippen molar-refractivity contribution in [2.75, 3.05) is 11.4 Å². The van der Waals surface area contributed by atoms with Crippen molar-refractivity contribution < 1.29 is 17.9 Å². The van der Waals surface area contributed by atoms with E-state index in [9.17, 15) is 13.2 Å². The van der Waals surface area contributed by atoms with Crippen molar-refractivity contribution >= 4 is 28.9 Å². The van der Waals surface area contributed by atoms with Gasteiger partial charge in [-0.2, -0.15) is 0 Å². The van der Waals surface area contributed by atoms with Crippen molar-refractivity contribution in [2.24, 2.45) is 0 Å². The summed E-state index contributed by atoms with van der Waals surface area (Å²) in [6, 6.07) is 2.29. The predicted octanol–water partition coefficient (Wildman–Crippen LogP) is 5.27. The molecule has 0 atom stereocenters. The fourth-order valence-corrected chi connectivity index (χ4v) is 2.96. The molecule has 2 aromatic rings. The second kappa shape index (κ2) is 8.19. The molecule has 0 N–H and O–H groups in total. The molecule has 4 nitrogen and oxygen atoms in total. The van der Waals surface area contributed by atoms with Crippen LogP contribution in [0.25, 0.3) is 0 Å². The van der Waals surface area contributed by atoms with Gasteiger partial charge in [0.25, 0.3) is 0 Å². The zero-order chi connectivity index (χ0) is 19.6. The first-order valence-corrected chi connectivity index (χ1v) is 8.62. The third kappa shape index (κ3) is 4.36. The van der Waals surface area contributed by atoms with Gasteiger partial charge in [0.1, 0.15) is 35.7 Å². The lowest BCUT2D eigenvalue weighted by atomic mass is 10.1. The number of alkyl halides is 1. The Bertz CT molecular complexity index is 934. The Hall–Kier alpha value is -2.25. The molecule has 0 unspecified atom stereocenters. The standard InChI is InChI=1S/C18H14Cl2F3N3O/c1-10-2-17(27-9-15-14(23)3-12(22)7-24-15)13(19)8-26(10)16-4-18(20)25-6-11(16)5-21/h2-4,6-7H,5,8-9H2,1H3. The summed E-state index contributed by atoms with van der Waals surface area (Å²) in [6.45, 7) is 1.09. The minimum Gasteiger partial charge on any atom is -0.486 e. The smallest absolute Gasteiger partial charge is 0.151 e. The molecule has 0 saturated heterocycles. The molecule has 0 amide bonds. The van der Waals surface area contributed by atoms with Gasteiger partial charge < -0.3 is 9.64 Å². The van der Waals surface area contributed by atoms with Crippen LogP contribution in [0.15, 0.2) is 47.1 Å². The zero-order valence-corrected chi connectivity index (χ0v) is 15.7. The lowest BCUT2D eigenvalue weighted by Gasteiger charge is -2.31. The van der Waals surface area contributed by atoms with E-state index >= 15 is 0 Å². The largest absolute Gasteiger partial charge is 0.486 e. The van der Waals surface area contributed by atoms with Crippen LogP contribution < -0.4 is 4.90 Å². The van der Waals surface area contributed by atoms with Crippen LogP contribution in [0.4, 0.5) is 18.9 Å². The number of rotatable bonds is 5. The van der Waals surface area contributed by atoms with E-state index in [0.29, 0.717) is 22.0 Å². The molecular weight excluding hydrogens is 402 g/mol. The van der Waals surface area contributed by atoms with Crippen molar-refractivity contribution in [3.8, 4) is 0 Å². The summed E-state index contributed by atoms with van der Waals surface area (Å²) in [5, 5.41) is 0.566. The van der Waals surface area contributed by atoms with Gasteiger partial charge in [0.15, 0.2) is 5.82 Å². The van der Waals surface area contributed by atoms with Crippen molar-refractivity contribution in [3.63, 3.8) is 0 Å². The molecule has 9 heteroatoms. The number of allylic oxidation sites excluding steroid dienone is 2. The SMILES string of the molecule is CC1=CC(OCc2ncc(F)cc2F)=C(Cl)CN1c1cc(Cl)ncc1CF. The van der Waals surface area contributed by atoms with Crippen LogP contribution in [-0.4, -0.2) is 16.5 Å². The number of anilines is 1. The van der Waals surface area contributed by atoms with Gasteiger partial charge in [0, 0.05) is 29.6 Å². The molecule has 0 bridgehead atoms. The zero-order valence-electron chi connectivity index (χ0n) is 14.1. The van der Waals surface area contributed by atoms with Gasteiger partial charge in [-0.25, -0.2) is 18.2 Å². The Morgan fingerprint density at radius 1 is 1.19 bits per heavy atom. The van der Waals surface area contributed by atoms with Crippen LogP contribution >= 0.6 is 23.2 Å². The molecule has 0 fully saturated rings. The van der Waals surface area contributed by atoms with Crippen LogP contribution in [0.3, 0.4) is 0 Å². The number of pyridine rings is 2. The molecule has 1 aliphatic heterocycles. The summed E-state index contributed by atoms with van der Waals surface area (Å²) >= 11 is 12.2. The molecule has 0 aromatic carbocycles. The summed E-state index contributed by atoms with van der Waals surface area (Å²) in [5.74, 6) is -1.24. The normalized spacial score (nSPS) is 14.4. The lowest BCUT2D eigenvalue weighted by Crippen LogP contribution is -2.27. The second-order valence-corrected chi connectivity index (χ2v) is 6.62. The van der Waals surface area contributed by atoms with Gasteiger partial charge >= 0.3 is 0 Å². The van der Waals surface area contributed by atoms with Crippen LogP contribution in [0, 0.1) is 11.6 Å². The van der Waals surface area contributed by atoms with Crippen LogP contribution in [0.1, 0.15) is 18.2 Å². The first-order valence-electron chi connectivity index (χ1n) is 7.86. The molecule has 0 aliphatic carbocycles. The van der Waals surface area contributed by atoms with E-state index in [0.717, 1.165) is 18.0 Å². The number of aromatic nitrogens is 2. The highest BCUT2D eigenvalue weighted by molar-refractivity contribution is 6.31. The van der Waals surface area contributed by atoms with Crippen molar-refractivity contribution in [3.05, 3.63) is 75.1 Å². The Morgan fingerprint density at radius 2 is 1.96 bits per heavy atom. The van der Waals surface area contributed by atoms with Gasteiger partial charge in [0.05, 0.1) is 23.5 Å². The molecule has 3 heterocycles.